The number of ether oxygens (including phenoxy) is 2. The maximum atomic E-state index is 12.9. The molecule has 1 aliphatic rings. The molecule has 1 saturated heterocycles. The van der Waals surface area contributed by atoms with E-state index in [0.29, 0.717) is 6.61 Å². The summed E-state index contributed by atoms with van der Waals surface area (Å²) in [4.78, 5) is 12.0. The molecule has 1 N–H and O–H groups in total. The van der Waals surface area contributed by atoms with Crippen LogP contribution in [0.2, 0.25) is 0 Å². The smallest absolute Gasteiger partial charge is 0.376 e. The van der Waals surface area contributed by atoms with Gasteiger partial charge in [0, 0.05) is 12.3 Å². The topological polar surface area (TPSA) is 71.3 Å². The fourth-order valence-electron chi connectivity index (χ4n) is 2.30. The first kappa shape index (κ1) is 18.2. The van der Waals surface area contributed by atoms with Gasteiger partial charge in [0.05, 0.1) is 29.9 Å². The van der Waals surface area contributed by atoms with Crippen molar-refractivity contribution in [3.8, 4) is 6.07 Å². The molecule has 2 rings (SSSR count). The molecule has 1 aromatic carbocycles. The quantitative estimate of drug-likeness (QED) is 0.892. The highest BCUT2D eigenvalue weighted by atomic mass is 19.4. The zero-order chi connectivity index (χ0) is 17.7. The molecule has 0 saturated carbocycles. The van der Waals surface area contributed by atoms with Crippen LogP contribution < -0.4 is 5.32 Å². The standard InChI is InChI=1S/C16H17F3N2O3/c1-10(24-9-13-3-2-6-23-13)15(22)21-12-5-4-11(8-20)14(7-12)16(17,18)19/h4-5,7,10,13H,2-3,6,9H2,1H3,(H,21,22)/t10-,13-/m1/s1. The van der Waals surface area contributed by atoms with Crippen LogP contribution in [0.3, 0.4) is 0 Å². The predicted molar refractivity (Wildman–Crippen MR) is 79.2 cm³/mol. The van der Waals surface area contributed by atoms with Gasteiger partial charge >= 0.3 is 6.18 Å². The molecule has 0 aliphatic carbocycles. The van der Waals surface area contributed by atoms with Crippen LogP contribution >= 0.6 is 0 Å². The number of nitrogens with zero attached hydrogens (tertiary/aromatic N) is 1. The maximum absolute atomic E-state index is 12.9. The Morgan fingerprint density at radius 1 is 1.54 bits per heavy atom. The SMILES string of the molecule is C[C@@H](OC[C@H]1CCCO1)C(=O)Nc1ccc(C#N)c(C(F)(F)F)c1. The fraction of sp³-hybridized carbons (Fsp3) is 0.500. The number of amides is 1. The van der Waals surface area contributed by atoms with E-state index in [1.807, 2.05) is 0 Å². The number of alkyl halides is 3. The number of benzene rings is 1. The number of rotatable bonds is 5. The molecule has 1 fully saturated rings. The van der Waals surface area contributed by atoms with E-state index in [1.54, 1.807) is 0 Å². The van der Waals surface area contributed by atoms with Gasteiger partial charge in [-0.25, -0.2) is 0 Å². The Bertz CT molecular complexity index is 634. The van der Waals surface area contributed by atoms with Gasteiger partial charge in [0.25, 0.3) is 5.91 Å². The van der Waals surface area contributed by atoms with E-state index in [-0.39, 0.29) is 18.4 Å². The van der Waals surface area contributed by atoms with Gasteiger partial charge in [0.15, 0.2) is 0 Å². The number of anilines is 1. The average molecular weight is 342 g/mol. The number of nitriles is 1. The molecule has 0 unspecified atom stereocenters. The minimum atomic E-state index is -4.67. The summed E-state index contributed by atoms with van der Waals surface area (Å²) < 4.78 is 49.5. The van der Waals surface area contributed by atoms with E-state index >= 15 is 0 Å². The molecule has 1 aliphatic heterocycles. The van der Waals surface area contributed by atoms with Crippen molar-refractivity contribution < 1.29 is 27.4 Å². The maximum Gasteiger partial charge on any atom is 0.417 e. The van der Waals surface area contributed by atoms with E-state index < -0.39 is 29.3 Å². The Hall–Kier alpha value is -2.11. The normalized spacial score (nSPS) is 18.9. The van der Waals surface area contributed by atoms with Gasteiger partial charge in [-0.1, -0.05) is 0 Å². The molecule has 0 radical (unpaired) electrons. The van der Waals surface area contributed by atoms with Crippen LogP contribution in [0.5, 0.6) is 0 Å². The van der Waals surface area contributed by atoms with Crippen molar-refractivity contribution in [2.24, 2.45) is 0 Å². The summed E-state index contributed by atoms with van der Waals surface area (Å²) in [7, 11) is 0. The lowest BCUT2D eigenvalue weighted by molar-refractivity contribution is -0.137. The Balaban J connectivity index is 1.99. The van der Waals surface area contributed by atoms with Crippen LogP contribution in [0.1, 0.15) is 30.9 Å². The summed E-state index contributed by atoms with van der Waals surface area (Å²) in [5.41, 5.74) is -1.63. The Labute approximate surface area is 137 Å². The molecule has 1 heterocycles. The second-order valence-corrected chi connectivity index (χ2v) is 5.47. The lowest BCUT2D eigenvalue weighted by Crippen LogP contribution is -2.30. The van der Waals surface area contributed by atoms with E-state index in [9.17, 15) is 18.0 Å². The third kappa shape index (κ3) is 4.69. The van der Waals surface area contributed by atoms with Crippen LogP contribution in [0.4, 0.5) is 18.9 Å². The molecule has 8 heteroatoms. The molecule has 1 amide bonds. The fourth-order valence-corrected chi connectivity index (χ4v) is 2.30. The average Bonchev–Trinajstić information content (AvgIpc) is 3.05. The van der Waals surface area contributed by atoms with Crippen molar-refractivity contribution in [3.63, 3.8) is 0 Å². The number of carbonyl (C=O) groups is 1. The van der Waals surface area contributed by atoms with Crippen LogP contribution in [0.15, 0.2) is 18.2 Å². The van der Waals surface area contributed by atoms with Gasteiger partial charge in [-0.15, -0.1) is 0 Å². The van der Waals surface area contributed by atoms with Crippen LogP contribution in [-0.2, 0) is 20.4 Å². The van der Waals surface area contributed by atoms with E-state index in [2.05, 4.69) is 5.32 Å². The Morgan fingerprint density at radius 2 is 2.29 bits per heavy atom. The van der Waals surface area contributed by atoms with Crippen molar-refractivity contribution in [2.45, 2.75) is 38.1 Å². The van der Waals surface area contributed by atoms with Crippen molar-refractivity contribution in [2.75, 3.05) is 18.5 Å². The van der Waals surface area contributed by atoms with E-state index in [1.165, 1.54) is 19.1 Å². The summed E-state index contributed by atoms with van der Waals surface area (Å²) in [6, 6.07) is 4.50. The third-order valence-electron chi connectivity index (χ3n) is 3.64. The molecular weight excluding hydrogens is 325 g/mol. The van der Waals surface area contributed by atoms with Gasteiger partial charge in [-0.2, -0.15) is 18.4 Å². The number of hydrogen-bond acceptors (Lipinski definition) is 4. The summed E-state index contributed by atoms with van der Waals surface area (Å²) in [6.07, 6.45) is -3.75. The van der Waals surface area contributed by atoms with Crippen LogP contribution in [0, 0.1) is 11.3 Å². The highest BCUT2D eigenvalue weighted by molar-refractivity contribution is 5.94. The van der Waals surface area contributed by atoms with Crippen molar-refractivity contribution in [3.05, 3.63) is 29.3 Å². The first-order chi connectivity index (χ1) is 11.3. The van der Waals surface area contributed by atoms with E-state index in [0.717, 1.165) is 25.0 Å². The number of nitrogens with one attached hydrogen (secondary N) is 1. The number of carbonyl (C=O) groups excluding carboxylic acids is 1. The lowest BCUT2D eigenvalue weighted by Gasteiger charge is -2.17. The molecule has 0 bridgehead atoms. The predicted octanol–water partition coefficient (Wildman–Crippen LogP) is 3.10. The molecule has 1 aromatic rings. The Morgan fingerprint density at radius 3 is 2.88 bits per heavy atom. The van der Waals surface area contributed by atoms with Gasteiger partial charge in [-0.3, -0.25) is 4.79 Å². The van der Waals surface area contributed by atoms with Crippen molar-refractivity contribution in [1.82, 2.24) is 0 Å². The zero-order valence-electron chi connectivity index (χ0n) is 13.0. The second kappa shape index (κ2) is 7.64. The summed E-state index contributed by atoms with van der Waals surface area (Å²) in [6.45, 7) is 2.44. The first-order valence-corrected chi connectivity index (χ1v) is 7.46. The largest absolute Gasteiger partial charge is 0.417 e. The summed E-state index contributed by atoms with van der Waals surface area (Å²) in [5, 5.41) is 11.1. The summed E-state index contributed by atoms with van der Waals surface area (Å²) in [5.74, 6) is -0.564. The molecule has 0 spiro atoms. The minimum Gasteiger partial charge on any atom is -0.376 e. The lowest BCUT2D eigenvalue weighted by atomic mass is 10.1. The van der Waals surface area contributed by atoms with Gasteiger partial charge in [0.2, 0.25) is 0 Å². The number of halogens is 3. The van der Waals surface area contributed by atoms with Crippen LogP contribution in [0.25, 0.3) is 0 Å². The second-order valence-electron chi connectivity index (χ2n) is 5.47. The van der Waals surface area contributed by atoms with Gasteiger partial charge in [-0.05, 0) is 38.0 Å². The first-order valence-electron chi connectivity index (χ1n) is 7.46. The Kier molecular flexibility index (Phi) is 5.80. The summed E-state index contributed by atoms with van der Waals surface area (Å²) >= 11 is 0. The zero-order valence-corrected chi connectivity index (χ0v) is 13.0. The minimum absolute atomic E-state index is 0.0427. The molecular formula is C16H17F3N2O3. The molecule has 24 heavy (non-hydrogen) atoms. The highest BCUT2D eigenvalue weighted by Crippen LogP contribution is 2.33. The monoisotopic (exact) mass is 342 g/mol. The van der Waals surface area contributed by atoms with Crippen molar-refractivity contribution in [1.29, 1.82) is 5.26 Å². The van der Waals surface area contributed by atoms with Crippen LogP contribution in [-0.4, -0.2) is 31.3 Å². The van der Waals surface area contributed by atoms with Gasteiger partial charge < -0.3 is 14.8 Å². The van der Waals surface area contributed by atoms with Crippen molar-refractivity contribution >= 4 is 11.6 Å². The number of hydrogen-bond donors (Lipinski definition) is 1. The molecule has 0 aromatic heterocycles. The highest BCUT2D eigenvalue weighted by Gasteiger charge is 2.34. The molecule has 2 atom stereocenters. The molecule has 5 nitrogen and oxygen atoms in total. The van der Waals surface area contributed by atoms with Gasteiger partial charge in [0.1, 0.15) is 6.10 Å². The van der Waals surface area contributed by atoms with E-state index in [4.69, 9.17) is 14.7 Å². The third-order valence-corrected chi connectivity index (χ3v) is 3.64. The molecule has 130 valence electrons.